The van der Waals surface area contributed by atoms with Gasteiger partial charge in [-0.15, -0.1) is 0 Å². The van der Waals surface area contributed by atoms with E-state index in [9.17, 15) is 0 Å². The van der Waals surface area contributed by atoms with Crippen molar-refractivity contribution in [3.8, 4) is 0 Å². The molecule has 0 heterocycles. The summed E-state index contributed by atoms with van der Waals surface area (Å²) < 4.78 is 4.34. The second kappa shape index (κ2) is 9.82. The molecule has 2 heteroatoms. The second-order valence-corrected chi connectivity index (χ2v) is 17.3. The molecule has 0 aliphatic rings. The van der Waals surface area contributed by atoms with E-state index in [0.29, 0.717) is 6.04 Å². The predicted octanol–water partition coefficient (Wildman–Crippen LogP) is 4.42. The third kappa shape index (κ3) is 8.00. The van der Waals surface area contributed by atoms with Gasteiger partial charge in [-0.1, -0.05) is 0 Å². The van der Waals surface area contributed by atoms with Crippen LogP contribution in [-0.2, 0) is 0 Å². The molecule has 0 aromatic rings. The van der Waals surface area contributed by atoms with Crippen LogP contribution in [-0.4, -0.2) is 46.0 Å². The quantitative estimate of drug-likeness (QED) is 0.566. The standard InChI is InChI=1S/C8H18N.2C3H7.In/c1-5-6-7-9(4)8(2)3;2*1-3-2;/h8H,1,5-7H2,2-4H3;3H,1-2H3;1,3H2,2H3;. The predicted molar refractivity (Wildman–Crippen MR) is 77.8 cm³/mol. The molecule has 0 aliphatic heterocycles. The molecule has 0 spiro atoms. The van der Waals surface area contributed by atoms with Crippen LogP contribution < -0.4 is 0 Å². The topological polar surface area (TPSA) is 3.24 Å². The summed E-state index contributed by atoms with van der Waals surface area (Å²) in [5, 5.41) is 0. The molecule has 0 fully saturated rings. The van der Waals surface area contributed by atoms with E-state index >= 15 is 0 Å². The Hall–Kier alpha value is 0.830. The average Bonchev–Trinajstić information content (AvgIpc) is 2.21. The Labute approximate surface area is 112 Å². The van der Waals surface area contributed by atoms with E-state index in [2.05, 4.69) is 46.6 Å². The molecule has 96 valence electrons. The van der Waals surface area contributed by atoms with Crippen molar-refractivity contribution in [1.29, 1.82) is 0 Å². The Kier molecular flexibility index (Phi) is 10.3. The average molecular weight is 329 g/mol. The summed E-state index contributed by atoms with van der Waals surface area (Å²) in [6.07, 6.45) is 4.35. The van der Waals surface area contributed by atoms with Crippen molar-refractivity contribution in [1.82, 2.24) is 4.90 Å². The van der Waals surface area contributed by atoms with Crippen LogP contribution in [0, 0.1) is 0 Å². The minimum atomic E-state index is -1.11. The summed E-state index contributed by atoms with van der Waals surface area (Å²) in [7, 11) is 2.25. The Morgan fingerprint density at radius 1 is 1.00 bits per heavy atom. The van der Waals surface area contributed by atoms with Gasteiger partial charge in [-0.25, -0.2) is 0 Å². The molecule has 0 rings (SSSR count). The van der Waals surface area contributed by atoms with Crippen LogP contribution in [0.25, 0.3) is 0 Å². The van der Waals surface area contributed by atoms with Gasteiger partial charge in [0, 0.05) is 0 Å². The fraction of sp³-hybridized carbons (Fsp3) is 1.00. The van der Waals surface area contributed by atoms with E-state index in [1.165, 1.54) is 25.8 Å². The first-order chi connectivity index (χ1) is 7.49. The maximum atomic E-state index is 2.47. The first-order valence-electron chi connectivity index (χ1n) is 7.19. The summed E-state index contributed by atoms with van der Waals surface area (Å²) in [5.41, 5.74) is 0. The Morgan fingerprint density at radius 2 is 1.62 bits per heavy atom. The van der Waals surface area contributed by atoms with Crippen LogP contribution in [0.15, 0.2) is 0 Å². The molecular weight excluding hydrogens is 297 g/mol. The van der Waals surface area contributed by atoms with Gasteiger partial charge in [-0.05, 0) is 0 Å². The summed E-state index contributed by atoms with van der Waals surface area (Å²) >= 11 is -1.11. The van der Waals surface area contributed by atoms with Crippen LogP contribution in [0.3, 0.4) is 0 Å². The number of hydrogen-bond donors (Lipinski definition) is 0. The molecule has 0 atom stereocenters. The summed E-state index contributed by atoms with van der Waals surface area (Å²) in [4.78, 5) is 2.47. The normalized spacial score (nSPS) is 11.8. The Bertz CT molecular complexity index is 157. The first kappa shape index (κ1) is 16.8. The van der Waals surface area contributed by atoms with Gasteiger partial charge in [-0.3, -0.25) is 0 Å². The van der Waals surface area contributed by atoms with E-state index in [1.54, 1.807) is 8.35 Å². The van der Waals surface area contributed by atoms with Crippen molar-refractivity contribution in [3.05, 3.63) is 0 Å². The van der Waals surface area contributed by atoms with Crippen molar-refractivity contribution in [2.24, 2.45) is 0 Å². The second-order valence-electron chi connectivity index (χ2n) is 5.86. The number of nitrogens with zero attached hydrogens (tertiary/aromatic N) is 1. The molecule has 0 aromatic heterocycles. The van der Waals surface area contributed by atoms with E-state index in [0.717, 1.165) is 3.67 Å². The van der Waals surface area contributed by atoms with Crippen molar-refractivity contribution in [2.75, 3.05) is 13.6 Å². The third-order valence-electron chi connectivity index (χ3n) is 3.82. The first-order valence-corrected chi connectivity index (χ1v) is 13.8. The molecule has 0 unspecified atom stereocenters. The molecular formula is C14H32InN. The van der Waals surface area contributed by atoms with Gasteiger partial charge in [0.25, 0.3) is 0 Å². The zero-order valence-corrected chi connectivity index (χ0v) is 15.7. The van der Waals surface area contributed by atoms with Crippen LogP contribution in [0.4, 0.5) is 0 Å². The molecule has 0 saturated carbocycles. The van der Waals surface area contributed by atoms with Gasteiger partial charge in [-0.2, -0.15) is 0 Å². The van der Waals surface area contributed by atoms with Gasteiger partial charge in [0.1, 0.15) is 0 Å². The fourth-order valence-corrected chi connectivity index (χ4v) is 11.3. The van der Waals surface area contributed by atoms with Crippen LogP contribution in [0.1, 0.15) is 53.9 Å². The molecule has 0 aromatic carbocycles. The van der Waals surface area contributed by atoms with Gasteiger partial charge in [0.2, 0.25) is 0 Å². The van der Waals surface area contributed by atoms with E-state index in [4.69, 9.17) is 0 Å². The zero-order valence-electron chi connectivity index (χ0n) is 12.4. The number of hydrogen-bond acceptors (Lipinski definition) is 1. The SMILES string of the molecule is CC[CH2][In]([CH2]CCCN(C)C(C)C)[CH](C)C. The van der Waals surface area contributed by atoms with Gasteiger partial charge in [0.05, 0.1) is 0 Å². The van der Waals surface area contributed by atoms with E-state index in [-0.39, 0.29) is 0 Å². The number of unbranched alkanes of at least 4 members (excludes halogenated alkanes) is 1. The molecule has 16 heavy (non-hydrogen) atoms. The van der Waals surface area contributed by atoms with Crippen molar-refractivity contribution in [3.63, 3.8) is 0 Å². The molecule has 0 radical (unpaired) electrons. The monoisotopic (exact) mass is 329 g/mol. The minimum absolute atomic E-state index is 0.708. The Morgan fingerprint density at radius 3 is 2.06 bits per heavy atom. The Balaban J connectivity index is 3.62. The van der Waals surface area contributed by atoms with Crippen molar-refractivity contribution in [2.45, 2.75) is 72.0 Å². The molecule has 0 saturated heterocycles. The summed E-state index contributed by atoms with van der Waals surface area (Å²) in [6.45, 7) is 13.2. The van der Waals surface area contributed by atoms with Gasteiger partial charge >= 0.3 is 112 Å². The third-order valence-corrected chi connectivity index (χ3v) is 16.2. The van der Waals surface area contributed by atoms with Crippen LogP contribution in [0.2, 0.25) is 12.0 Å². The van der Waals surface area contributed by atoms with Crippen LogP contribution >= 0.6 is 0 Å². The molecule has 0 aliphatic carbocycles. The van der Waals surface area contributed by atoms with Gasteiger partial charge in [0.15, 0.2) is 0 Å². The van der Waals surface area contributed by atoms with Crippen molar-refractivity contribution >= 4 is 21.4 Å². The maximum absolute atomic E-state index is 2.47. The van der Waals surface area contributed by atoms with Crippen molar-refractivity contribution < 1.29 is 0 Å². The van der Waals surface area contributed by atoms with E-state index < -0.39 is 21.4 Å². The number of rotatable bonds is 9. The molecule has 0 bridgehead atoms. The van der Waals surface area contributed by atoms with Gasteiger partial charge < -0.3 is 0 Å². The summed E-state index contributed by atoms with van der Waals surface area (Å²) in [6, 6.07) is 0.708. The molecule has 1 nitrogen and oxygen atoms in total. The zero-order chi connectivity index (χ0) is 12.6. The molecule has 0 N–H and O–H groups in total. The van der Waals surface area contributed by atoms with E-state index in [1.807, 2.05) is 0 Å². The summed E-state index contributed by atoms with van der Waals surface area (Å²) in [5.74, 6) is 0. The fourth-order valence-electron chi connectivity index (χ4n) is 2.21. The van der Waals surface area contributed by atoms with Crippen LogP contribution in [0.5, 0.6) is 0 Å². The molecule has 0 amide bonds.